The summed E-state index contributed by atoms with van der Waals surface area (Å²) in [6.07, 6.45) is 31.1. The van der Waals surface area contributed by atoms with E-state index in [2.05, 4.69) is 34.3 Å². The molecule has 2 heteroatoms. The minimum absolute atomic E-state index is 1.06. The molecule has 2 heterocycles. The number of unbranched alkanes of at least 4 members (excludes halogenated alkanes) is 3. The second-order valence-electron chi connectivity index (χ2n) is 5.33. The molecule has 2 rings (SSSR count). The second kappa shape index (κ2) is 10.5. The molecule has 0 N–H and O–H groups in total. The van der Waals surface area contributed by atoms with Crippen molar-refractivity contribution in [3.63, 3.8) is 0 Å². The molecule has 0 radical (unpaired) electrons. The lowest BCUT2D eigenvalue weighted by molar-refractivity contribution is 0.667. The van der Waals surface area contributed by atoms with Gasteiger partial charge in [-0.05, 0) is 50.0 Å². The van der Waals surface area contributed by atoms with E-state index in [0.29, 0.717) is 0 Å². The first kappa shape index (κ1) is 16.2. The third-order valence-electron chi connectivity index (χ3n) is 3.51. The van der Waals surface area contributed by atoms with Crippen LogP contribution in [-0.4, -0.2) is 11.4 Å². The average Bonchev–Trinajstić information content (AvgIpc) is 2.46. The van der Waals surface area contributed by atoms with Crippen LogP contribution in [0.4, 0.5) is 0 Å². The van der Waals surface area contributed by atoms with E-state index in [1.54, 1.807) is 0 Å². The van der Waals surface area contributed by atoms with Gasteiger partial charge in [0, 0.05) is 23.8 Å². The molecule has 0 aliphatic carbocycles. The molecule has 0 bridgehead atoms. The highest BCUT2D eigenvalue weighted by Gasteiger charge is 1.98. The molecule has 2 aliphatic heterocycles. The maximum atomic E-state index is 4.45. The molecular weight excluding hydrogens is 268 g/mol. The van der Waals surface area contributed by atoms with Gasteiger partial charge in [-0.25, -0.2) is 0 Å². The van der Waals surface area contributed by atoms with Crippen molar-refractivity contribution in [3.05, 3.63) is 73.2 Å². The quantitative estimate of drug-likeness (QED) is 0.554. The highest BCUT2D eigenvalue weighted by molar-refractivity contribution is 5.96. The lowest BCUT2D eigenvalue weighted by Crippen LogP contribution is -1.96. The lowest BCUT2D eigenvalue weighted by atomic mass is 10.1. The number of allylic oxidation sites excluding steroid dienone is 10. The minimum Gasteiger partial charge on any atom is -0.261 e. The number of aliphatic imine (C=N–C) groups is 2. The van der Waals surface area contributed by atoms with Gasteiger partial charge in [-0.3, -0.25) is 9.98 Å². The smallest absolute Gasteiger partial charge is 0.0403 e. The number of rotatable bonds is 7. The van der Waals surface area contributed by atoms with Gasteiger partial charge in [0.1, 0.15) is 0 Å². The van der Waals surface area contributed by atoms with Gasteiger partial charge in [0.05, 0.1) is 0 Å². The Labute approximate surface area is 133 Å². The lowest BCUT2D eigenvalue weighted by Gasteiger charge is -2.03. The Morgan fingerprint density at radius 2 is 0.955 bits per heavy atom. The highest BCUT2D eigenvalue weighted by Crippen LogP contribution is 2.09. The van der Waals surface area contributed by atoms with Crippen LogP contribution in [0.5, 0.6) is 0 Å². The first-order chi connectivity index (χ1) is 10.9. The van der Waals surface area contributed by atoms with E-state index >= 15 is 0 Å². The van der Waals surface area contributed by atoms with Gasteiger partial charge in [0.15, 0.2) is 0 Å². The van der Waals surface area contributed by atoms with E-state index in [4.69, 9.17) is 0 Å². The molecule has 22 heavy (non-hydrogen) atoms. The summed E-state index contributed by atoms with van der Waals surface area (Å²) in [4.78, 5) is 8.90. The van der Waals surface area contributed by atoms with E-state index < -0.39 is 0 Å². The summed E-state index contributed by atoms with van der Waals surface area (Å²) in [6.45, 7) is 0. The molecule has 0 aromatic rings. The molecule has 2 nitrogen and oxygen atoms in total. The zero-order chi connectivity index (χ0) is 15.3. The zero-order valence-corrected chi connectivity index (χ0v) is 13.1. The van der Waals surface area contributed by atoms with Crippen LogP contribution in [-0.2, 0) is 0 Å². The molecule has 0 aromatic heterocycles. The molecule has 0 aromatic carbocycles. The Bertz CT molecular complexity index is 515. The molecule has 0 atom stereocenters. The fourth-order valence-corrected chi connectivity index (χ4v) is 2.31. The van der Waals surface area contributed by atoms with Crippen LogP contribution in [0.25, 0.3) is 0 Å². The molecule has 0 fully saturated rings. The van der Waals surface area contributed by atoms with E-state index in [0.717, 1.165) is 12.8 Å². The summed E-state index contributed by atoms with van der Waals surface area (Å²) in [6, 6.07) is 0. The Balaban J connectivity index is 1.59. The second-order valence-corrected chi connectivity index (χ2v) is 5.33. The Hall–Kier alpha value is -2.22. The molecule has 0 saturated heterocycles. The standard InChI is InChI=1S/C20H24N2/c1(7-13-19-15-9-3-5-11-17-21-19)2-8-14-20-16-10-4-6-12-18-22-20/h3-6,9-12,15-18H,1-2,7-8,13-14H2/b5-3-,6-4-,9-3?,10-4?,11-5?,12-6?,15-9-,16-10-,17-11-,18-12-,19-15?,20-16?,21-17?,21-19-,22-18?,22-20-. The fourth-order valence-electron chi connectivity index (χ4n) is 2.31. The highest BCUT2D eigenvalue weighted by atomic mass is 14.7. The summed E-state index contributed by atoms with van der Waals surface area (Å²) >= 11 is 0. The van der Waals surface area contributed by atoms with Crippen molar-refractivity contribution in [1.29, 1.82) is 0 Å². The topological polar surface area (TPSA) is 24.7 Å². The van der Waals surface area contributed by atoms with Gasteiger partial charge < -0.3 is 0 Å². The zero-order valence-electron chi connectivity index (χ0n) is 13.1. The first-order valence-electron chi connectivity index (χ1n) is 8.08. The molecule has 0 saturated carbocycles. The Morgan fingerprint density at radius 3 is 1.45 bits per heavy atom. The SMILES string of the molecule is C1=C\C=C/C(CCCCCCC2=N/C=C\C=C/C=C\2)=N\C=C/1. The molecule has 2 aliphatic rings. The fraction of sp³-hybridized carbons (Fsp3) is 0.300. The van der Waals surface area contributed by atoms with Gasteiger partial charge in [-0.2, -0.15) is 0 Å². The molecule has 114 valence electrons. The maximum absolute atomic E-state index is 4.45. The van der Waals surface area contributed by atoms with Crippen molar-refractivity contribution in [2.75, 3.05) is 0 Å². The van der Waals surface area contributed by atoms with Crippen LogP contribution < -0.4 is 0 Å². The van der Waals surface area contributed by atoms with Crippen molar-refractivity contribution in [2.45, 2.75) is 38.5 Å². The van der Waals surface area contributed by atoms with Crippen molar-refractivity contribution in [1.82, 2.24) is 0 Å². The largest absolute Gasteiger partial charge is 0.261 e. The van der Waals surface area contributed by atoms with Crippen molar-refractivity contribution in [2.24, 2.45) is 9.98 Å². The number of hydrogen-bond acceptors (Lipinski definition) is 2. The molecule has 0 amide bonds. The van der Waals surface area contributed by atoms with Crippen LogP contribution in [0.3, 0.4) is 0 Å². The van der Waals surface area contributed by atoms with Crippen molar-refractivity contribution < 1.29 is 0 Å². The van der Waals surface area contributed by atoms with Crippen LogP contribution >= 0.6 is 0 Å². The normalized spacial score (nSPS) is 30.2. The number of nitrogens with zero attached hydrogens (tertiary/aromatic N) is 2. The van der Waals surface area contributed by atoms with E-state index in [1.165, 1.54) is 37.1 Å². The maximum Gasteiger partial charge on any atom is 0.0403 e. The van der Waals surface area contributed by atoms with E-state index in [-0.39, 0.29) is 0 Å². The summed E-state index contributed by atoms with van der Waals surface area (Å²) < 4.78 is 0. The summed E-state index contributed by atoms with van der Waals surface area (Å²) in [5, 5.41) is 0. The average molecular weight is 292 g/mol. The van der Waals surface area contributed by atoms with Crippen LogP contribution in [0, 0.1) is 0 Å². The third kappa shape index (κ3) is 6.98. The summed E-state index contributed by atoms with van der Waals surface area (Å²) in [7, 11) is 0. The van der Waals surface area contributed by atoms with Gasteiger partial charge in [0.25, 0.3) is 0 Å². The molecule has 0 spiro atoms. The van der Waals surface area contributed by atoms with Gasteiger partial charge in [0.2, 0.25) is 0 Å². The summed E-state index contributed by atoms with van der Waals surface area (Å²) in [5.41, 5.74) is 2.34. The Kier molecular flexibility index (Phi) is 7.71. The molecular formula is C20H24N2. The van der Waals surface area contributed by atoms with Crippen LogP contribution in [0.1, 0.15) is 38.5 Å². The number of hydrogen-bond donors (Lipinski definition) is 0. The monoisotopic (exact) mass is 292 g/mol. The summed E-state index contributed by atoms with van der Waals surface area (Å²) in [5.74, 6) is 0. The first-order valence-corrected chi connectivity index (χ1v) is 8.08. The van der Waals surface area contributed by atoms with E-state index in [9.17, 15) is 0 Å². The molecule has 0 unspecified atom stereocenters. The predicted molar refractivity (Wildman–Crippen MR) is 97.4 cm³/mol. The van der Waals surface area contributed by atoms with Gasteiger partial charge in [-0.15, -0.1) is 0 Å². The van der Waals surface area contributed by atoms with Crippen LogP contribution in [0.15, 0.2) is 83.1 Å². The van der Waals surface area contributed by atoms with Crippen molar-refractivity contribution in [3.8, 4) is 0 Å². The van der Waals surface area contributed by atoms with Crippen molar-refractivity contribution >= 4 is 11.4 Å². The van der Waals surface area contributed by atoms with Crippen LogP contribution in [0.2, 0.25) is 0 Å². The predicted octanol–water partition coefficient (Wildman–Crippen LogP) is 5.49. The minimum atomic E-state index is 1.06. The third-order valence-corrected chi connectivity index (χ3v) is 3.51. The van der Waals surface area contributed by atoms with E-state index in [1.807, 2.05) is 48.9 Å². The Morgan fingerprint density at radius 1 is 0.500 bits per heavy atom. The van der Waals surface area contributed by atoms with Gasteiger partial charge >= 0.3 is 0 Å². The van der Waals surface area contributed by atoms with Gasteiger partial charge in [-0.1, -0.05) is 49.3 Å².